The molecule has 16 heavy (non-hydrogen) atoms. The van der Waals surface area contributed by atoms with E-state index in [1.807, 2.05) is 0 Å². The number of hydrogen-bond acceptors (Lipinski definition) is 2. The fraction of sp³-hybridized carbons (Fsp3) is 1.00. The molecule has 3 N–H and O–H groups in total. The van der Waals surface area contributed by atoms with E-state index >= 15 is 0 Å². The van der Waals surface area contributed by atoms with Gasteiger partial charge in [0.15, 0.2) is 0 Å². The van der Waals surface area contributed by atoms with E-state index in [2.05, 4.69) is 19.2 Å². The molecule has 4 fully saturated rings. The fourth-order valence-electron chi connectivity index (χ4n) is 4.65. The Labute approximate surface area is 99.4 Å². The van der Waals surface area contributed by atoms with Gasteiger partial charge in [-0.25, -0.2) is 0 Å². The first kappa shape index (κ1) is 11.0. The standard InChI is InChI=1S/C14H26N2/c1-8(15)9(2)16-14-12-4-10-3-11(6-12)7-13(14)5-10/h8-14,16H,3-7,15H2,1-2H3. The number of nitrogens with two attached hydrogens (primary N) is 1. The molecule has 0 heterocycles. The van der Waals surface area contributed by atoms with Crippen LogP contribution in [0.2, 0.25) is 0 Å². The summed E-state index contributed by atoms with van der Waals surface area (Å²) in [6.45, 7) is 4.36. The Morgan fingerprint density at radius 3 is 1.88 bits per heavy atom. The van der Waals surface area contributed by atoms with Crippen molar-refractivity contribution in [3.63, 3.8) is 0 Å². The molecule has 4 aliphatic rings. The highest BCUT2D eigenvalue weighted by molar-refractivity contribution is 5.02. The first-order valence-corrected chi connectivity index (χ1v) is 7.15. The van der Waals surface area contributed by atoms with E-state index in [4.69, 9.17) is 5.73 Å². The third-order valence-corrected chi connectivity index (χ3v) is 5.47. The van der Waals surface area contributed by atoms with E-state index in [1.54, 1.807) is 6.42 Å². The molecule has 0 saturated heterocycles. The Kier molecular flexibility index (Phi) is 2.75. The second-order valence-corrected chi connectivity index (χ2v) is 6.77. The molecule has 4 saturated carbocycles. The summed E-state index contributed by atoms with van der Waals surface area (Å²) in [6.07, 6.45) is 7.53. The average Bonchev–Trinajstić information content (AvgIpc) is 2.21. The van der Waals surface area contributed by atoms with E-state index in [0.29, 0.717) is 6.04 Å². The van der Waals surface area contributed by atoms with E-state index in [0.717, 1.165) is 29.7 Å². The summed E-state index contributed by atoms with van der Waals surface area (Å²) in [4.78, 5) is 0. The monoisotopic (exact) mass is 222 g/mol. The van der Waals surface area contributed by atoms with Crippen molar-refractivity contribution in [2.24, 2.45) is 29.4 Å². The summed E-state index contributed by atoms with van der Waals surface area (Å²) in [6, 6.07) is 1.54. The SMILES string of the molecule is CC(N)C(C)NC1C2CC3CC(C2)CC1C3. The maximum atomic E-state index is 5.98. The molecule has 2 atom stereocenters. The Hall–Kier alpha value is -0.0800. The first-order valence-electron chi connectivity index (χ1n) is 7.15. The molecule has 2 nitrogen and oxygen atoms in total. The number of nitrogens with one attached hydrogen (secondary N) is 1. The van der Waals surface area contributed by atoms with Gasteiger partial charge in [-0.15, -0.1) is 0 Å². The topological polar surface area (TPSA) is 38.0 Å². The summed E-state index contributed by atoms with van der Waals surface area (Å²) in [7, 11) is 0. The molecule has 0 aromatic rings. The highest BCUT2D eigenvalue weighted by Gasteiger charge is 2.48. The maximum absolute atomic E-state index is 5.98. The molecule has 0 radical (unpaired) electrons. The zero-order valence-electron chi connectivity index (χ0n) is 10.7. The second kappa shape index (κ2) is 3.99. The molecule has 0 aliphatic heterocycles. The Bertz CT molecular complexity index is 233. The van der Waals surface area contributed by atoms with Crippen molar-refractivity contribution >= 4 is 0 Å². The maximum Gasteiger partial charge on any atom is 0.0190 e. The van der Waals surface area contributed by atoms with Crippen molar-refractivity contribution in [3.8, 4) is 0 Å². The number of rotatable bonds is 3. The third-order valence-electron chi connectivity index (χ3n) is 5.47. The summed E-state index contributed by atoms with van der Waals surface area (Å²) in [5.74, 6) is 4.09. The van der Waals surface area contributed by atoms with Crippen LogP contribution in [0.5, 0.6) is 0 Å². The van der Waals surface area contributed by atoms with Gasteiger partial charge in [-0.3, -0.25) is 0 Å². The summed E-state index contributed by atoms with van der Waals surface area (Å²) in [5, 5.41) is 3.84. The van der Waals surface area contributed by atoms with Gasteiger partial charge in [0, 0.05) is 18.1 Å². The molecule has 0 amide bonds. The van der Waals surface area contributed by atoms with E-state index in [-0.39, 0.29) is 6.04 Å². The van der Waals surface area contributed by atoms with Gasteiger partial charge < -0.3 is 11.1 Å². The van der Waals surface area contributed by atoms with Crippen LogP contribution in [0.4, 0.5) is 0 Å². The van der Waals surface area contributed by atoms with Gasteiger partial charge in [-0.05, 0) is 69.6 Å². The van der Waals surface area contributed by atoms with Crippen LogP contribution in [0.25, 0.3) is 0 Å². The van der Waals surface area contributed by atoms with Gasteiger partial charge in [0.05, 0.1) is 0 Å². The molecule has 2 unspecified atom stereocenters. The van der Waals surface area contributed by atoms with Gasteiger partial charge in [0.25, 0.3) is 0 Å². The molecule has 0 aromatic heterocycles. The van der Waals surface area contributed by atoms with Gasteiger partial charge in [0.1, 0.15) is 0 Å². The van der Waals surface area contributed by atoms with Crippen LogP contribution >= 0.6 is 0 Å². The van der Waals surface area contributed by atoms with Gasteiger partial charge in [-0.2, -0.15) is 0 Å². The van der Waals surface area contributed by atoms with Gasteiger partial charge in [0.2, 0.25) is 0 Å². The molecule has 4 rings (SSSR count). The van der Waals surface area contributed by atoms with E-state index in [9.17, 15) is 0 Å². The van der Waals surface area contributed by atoms with Crippen LogP contribution in [0.1, 0.15) is 46.0 Å². The smallest absolute Gasteiger partial charge is 0.0190 e. The normalized spacial score (nSPS) is 49.3. The van der Waals surface area contributed by atoms with Gasteiger partial charge in [-0.1, -0.05) is 0 Å². The highest BCUT2D eigenvalue weighted by Crippen LogP contribution is 2.53. The fourth-order valence-corrected chi connectivity index (χ4v) is 4.65. The average molecular weight is 222 g/mol. The largest absolute Gasteiger partial charge is 0.327 e. The van der Waals surface area contributed by atoms with Crippen molar-refractivity contribution in [1.82, 2.24) is 5.32 Å². The van der Waals surface area contributed by atoms with Crippen LogP contribution in [-0.2, 0) is 0 Å². The molecule has 0 spiro atoms. The molecular weight excluding hydrogens is 196 g/mol. The first-order chi connectivity index (χ1) is 7.63. The molecule has 92 valence electrons. The molecule has 4 aliphatic carbocycles. The minimum absolute atomic E-state index is 0.275. The minimum atomic E-state index is 0.275. The summed E-state index contributed by atoms with van der Waals surface area (Å²) in [5.41, 5.74) is 5.98. The van der Waals surface area contributed by atoms with Crippen LogP contribution < -0.4 is 11.1 Å². The van der Waals surface area contributed by atoms with Crippen LogP contribution in [0.15, 0.2) is 0 Å². The van der Waals surface area contributed by atoms with E-state index in [1.165, 1.54) is 25.7 Å². The van der Waals surface area contributed by atoms with Crippen molar-refractivity contribution < 1.29 is 0 Å². The van der Waals surface area contributed by atoms with Gasteiger partial charge >= 0.3 is 0 Å². The lowest BCUT2D eigenvalue weighted by Gasteiger charge is -2.55. The molecule has 4 bridgehead atoms. The summed E-state index contributed by atoms with van der Waals surface area (Å²) >= 11 is 0. The zero-order chi connectivity index (χ0) is 11.3. The molecular formula is C14H26N2. The summed E-state index contributed by atoms with van der Waals surface area (Å²) < 4.78 is 0. The Balaban J connectivity index is 1.67. The predicted octanol–water partition coefficient (Wildman–Crippen LogP) is 2.14. The minimum Gasteiger partial charge on any atom is -0.327 e. The van der Waals surface area contributed by atoms with Crippen molar-refractivity contribution in [1.29, 1.82) is 0 Å². The highest BCUT2D eigenvalue weighted by atomic mass is 15.0. The zero-order valence-corrected chi connectivity index (χ0v) is 10.7. The lowest BCUT2D eigenvalue weighted by molar-refractivity contribution is -0.0177. The van der Waals surface area contributed by atoms with Crippen LogP contribution in [0, 0.1) is 23.7 Å². The lowest BCUT2D eigenvalue weighted by Crippen LogP contribution is -2.58. The van der Waals surface area contributed by atoms with Crippen molar-refractivity contribution in [2.75, 3.05) is 0 Å². The Morgan fingerprint density at radius 2 is 1.44 bits per heavy atom. The van der Waals surface area contributed by atoms with Crippen LogP contribution in [-0.4, -0.2) is 18.1 Å². The molecule has 2 heteroatoms. The Morgan fingerprint density at radius 1 is 0.938 bits per heavy atom. The predicted molar refractivity (Wildman–Crippen MR) is 67.1 cm³/mol. The lowest BCUT2D eigenvalue weighted by atomic mass is 9.54. The molecule has 0 aromatic carbocycles. The van der Waals surface area contributed by atoms with Crippen molar-refractivity contribution in [3.05, 3.63) is 0 Å². The number of hydrogen-bond donors (Lipinski definition) is 2. The van der Waals surface area contributed by atoms with Crippen LogP contribution in [0.3, 0.4) is 0 Å². The quantitative estimate of drug-likeness (QED) is 0.768. The third kappa shape index (κ3) is 1.80. The second-order valence-electron chi connectivity index (χ2n) is 6.77. The van der Waals surface area contributed by atoms with E-state index < -0.39 is 0 Å². The van der Waals surface area contributed by atoms with Crippen molar-refractivity contribution in [2.45, 2.75) is 64.1 Å².